The standard InChI is InChI=1S/C18H25N5O/c1-3-22-9-8-19-18(22)23-12-10-21(11-13-23)14-17(24)20-16-6-4-15(2)5-7-16/h4-9H,3,10-14H2,1-2H3,(H,20,24). The van der Waals surface area contributed by atoms with Crippen molar-refractivity contribution in [3.05, 3.63) is 42.2 Å². The van der Waals surface area contributed by atoms with Gasteiger partial charge in [-0.3, -0.25) is 9.69 Å². The molecule has 2 aromatic rings. The number of benzene rings is 1. The largest absolute Gasteiger partial charge is 0.340 e. The Kier molecular flexibility index (Phi) is 5.15. The van der Waals surface area contributed by atoms with E-state index in [1.807, 2.05) is 43.6 Å². The summed E-state index contributed by atoms with van der Waals surface area (Å²) in [5.74, 6) is 1.07. The Morgan fingerprint density at radius 2 is 1.88 bits per heavy atom. The van der Waals surface area contributed by atoms with E-state index in [0.717, 1.165) is 44.4 Å². The molecule has 1 aliphatic rings. The highest BCUT2D eigenvalue weighted by Crippen LogP contribution is 2.14. The van der Waals surface area contributed by atoms with Crippen molar-refractivity contribution in [3.63, 3.8) is 0 Å². The first kappa shape index (κ1) is 16.5. The van der Waals surface area contributed by atoms with Gasteiger partial charge >= 0.3 is 0 Å². The van der Waals surface area contributed by atoms with Gasteiger partial charge in [-0.15, -0.1) is 0 Å². The van der Waals surface area contributed by atoms with Crippen molar-refractivity contribution in [2.75, 3.05) is 42.9 Å². The van der Waals surface area contributed by atoms with Crippen molar-refractivity contribution in [1.82, 2.24) is 14.5 Å². The summed E-state index contributed by atoms with van der Waals surface area (Å²) in [5, 5.41) is 2.96. The van der Waals surface area contributed by atoms with Gasteiger partial charge in [0.05, 0.1) is 6.54 Å². The van der Waals surface area contributed by atoms with Crippen LogP contribution < -0.4 is 10.2 Å². The number of rotatable bonds is 5. The lowest BCUT2D eigenvalue weighted by atomic mass is 10.2. The molecular weight excluding hydrogens is 302 g/mol. The minimum Gasteiger partial charge on any atom is -0.340 e. The predicted octanol–water partition coefficient (Wildman–Crippen LogP) is 1.97. The van der Waals surface area contributed by atoms with E-state index in [4.69, 9.17) is 0 Å². The maximum atomic E-state index is 12.2. The van der Waals surface area contributed by atoms with Gasteiger partial charge in [0.15, 0.2) is 0 Å². The number of nitrogens with zero attached hydrogens (tertiary/aromatic N) is 4. The Morgan fingerprint density at radius 3 is 2.54 bits per heavy atom. The van der Waals surface area contributed by atoms with Crippen molar-refractivity contribution in [1.29, 1.82) is 0 Å². The zero-order valence-corrected chi connectivity index (χ0v) is 14.4. The van der Waals surface area contributed by atoms with E-state index < -0.39 is 0 Å². The number of nitrogens with one attached hydrogen (secondary N) is 1. The topological polar surface area (TPSA) is 53.4 Å². The molecule has 0 saturated carbocycles. The Hall–Kier alpha value is -2.34. The average molecular weight is 327 g/mol. The summed E-state index contributed by atoms with van der Waals surface area (Å²) in [6.07, 6.45) is 3.86. The molecule has 24 heavy (non-hydrogen) atoms. The average Bonchev–Trinajstić information content (AvgIpc) is 3.06. The van der Waals surface area contributed by atoms with Gasteiger partial charge in [0.2, 0.25) is 11.9 Å². The molecule has 0 aliphatic carbocycles. The fourth-order valence-corrected chi connectivity index (χ4v) is 2.98. The van der Waals surface area contributed by atoms with Crippen molar-refractivity contribution < 1.29 is 4.79 Å². The van der Waals surface area contributed by atoms with Crippen LogP contribution in [0.4, 0.5) is 11.6 Å². The van der Waals surface area contributed by atoms with Gasteiger partial charge in [-0.05, 0) is 26.0 Å². The van der Waals surface area contributed by atoms with E-state index in [0.29, 0.717) is 6.54 Å². The minimum absolute atomic E-state index is 0.0439. The monoisotopic (exact) mass is 327 g/mol. The molecule has 0 bridgehead atoms. The summed E-state index contributed by atoms with van der Waals surface area (Å²) >= 11 is 0. The Bertz CT molecular complexity index is 671. The molecule has 1 N–H and O–H groups in total. The molecule has 128 valence electrons. The van der Waals surface area contributed by atoms with Crippen LogP contribution in [0, 0.1) is 6.92 Å². The second-order valence-corrected chi connectivity index (χ2v) is 6.19. The number of hydrogen-bond donors (Lipinski definition) is 1. The summed E-state index contributed by atoms with van der Waals surface area (Å²) in [6, 6.07) is 7.89. The highest BCUT2D eigenvalue weighted by Gasteiger charge is 2.21. The summed E-state index contributed by atoms with van der Waals surface area (Å²) < 4.78 is 2.15. The van der Waals surface area contributed by atoms with Crippen LogP contribution in [0.3, 0.4) is 0 Å². The lowest BCUT2D eigenvalue weighted by molar-refractivity contribution is -0.117. The minimum atomic E-state index is 0.0439. The molecular formula is C18H25N5O. The lowest BCUT2D eigenvalue weighted by Crippen LogP contribution is -2.49. The number of amides is 1. The molecule has 1 aliphatic heterocycles. The smallest absolute Gasteiger partial charge is 0.238 e. The highest BCUT2D eigenvalue weighted by molar-refractivity contribution is 5.92. The van der Waals surface area contributed by atoms with Crippen LogP contribution in [0.25, 0.3) is 0 Å². The van der Waals surface area contributed by atoms with Crippen LogP contribution in [0.2, 0.25) is 0 Å². The van der Waals surface area contributed by atoms with E-state index in [9.17, 15) is 4.79 Å². The second-order valence-electron chi connectivity index (χ2n) is 6.19. The van der Waals surface area contributed by atoms with Gasteiger partial charge < -0.3 is 14.8 Å². The summed E-state index contributed by atoms with van der Waals surface area (Å²) in [5.41, 5.74) is 2.05. The van der Waals surface area contributed by atoms with Gasteiger partial charge in [-0.25, -0.2) is 4.98 Å². The summed E-state index contributed by atoms with van der Waals surface area (Å²) in [6.45, 7) is 9.06. The number of aryl methyl sites for hydroxylation is 2. The zero-order chi connectivity index (χ0) is 16.9. The number of carbonyl (C=O) groups is 1. The Labute approximate surface area is 143 Å². The third-order valence-corrected chi connectivity index (χ3v) is 4.39. The molecule has 0 atom stereocenters. The molecule has 0 unspecified atom stereocenters. The molecule has 6 heteroatoms. The molecule has 0 radical (unpaired) electrons. The maximum absolute atomic E-state index is 12.2. The molecule has 1 aromatic heterocycles. The van der Waals surface area contributed by atoms with Crippen LogP contribution in [-0.4, -0.2) is 53.1 Å². The molecule has 0 spiro atoms. The first-order chi connectivity index (χ1) is 11.7. The first-order valence-corrected chi connectivity index (χ1v) is 8.50. The number of aromatic nitrogens is 2. The van der Waals surface area contributed by atoms with Gasteiger partial charge in [0.25, 0.3) is 0 Å². The second kappa shape index (κ2) is 7.49. The SMILES string of the molecule is CCn1ccnc1N1CCN(CC(=O)Nc2ccc(C)cc2)CC1. The Balaban J connectivity index is 1.48. The van der Waals surface area contributed by atoms with Crippen molar-refractivity contribution >= 4 is 17.5 Å². The van der Waals surface area contributed by atoms with Crippen molar-refractivity contribution in [2.24, 2.45) is 0 Å². The van der Waals surface area contributed by atoms with Crippen molar-refractivity contribution in [3.8, 4) is 0 Å². The number of anilines is 2. The maximum Gasteiger partial charge on any atom is 0.238 e. The molecule has 1 aromatic carbocycles. The van der Waals surface area contributed by atoms with Crippen LogP contribution in [0.15, 0.2) is 36.7 Å². The third kappa shape index (κ3) is 3.94. The fourth-order valence-electron chi connectivity index (χ4n) is 2.98. The zero-order valence-electron chi connectivity index (χ0n) is 14.4. The molecule has 2 heterocycles. The van der Waals surface area contributed by atoms with Gasteiger partial charge in [0, 0.05) is 50.8 Å². The summed E-state index contributed by atoms with van der Waals surface area (Å²) in [4.78, 5) is 21.1. The van der Waals surface area contributed by atoms with E-state index in [1.54, 1.807) is 0 Å². The first-order valence-electron chi connectivity index (χ1n) is 8.50. The number of piperazine rings is 1. The van der Waals surface area contributed by atoms with E-state index >= 15 is 0 Å². The predicted molar refractivity (Wildman–Crippen MR) is 96.4 cm³/mol. The van der Waals surface area contributed by atoms with Gasteiger partial charge in [0.1, 0.15) is 0 Å². The number of imidazole rings is 1. The Morgan fingerprint density at radius 1 is 1.17 bits per heavy atom. The highest BCUT2D eigenvalue weighted by atomic mass is 16.2. The molecule has 6 nitrogen and oxygen atoms in total. The third-order valence-electron chi connectivity index (χ3n) is 4.39. The number of carbonyl (C=O) groups excluding carboxylic acids is 1. The van der Waals surface area contributed by atoms with Crippen LogP contribution in [0.1, 0.15) is 12.5 Å². The molecule has 1 saturated heterocycles. The van der Waals surface area contributed by atoms with Crippen LogP contribution in [0.5, 0.6) is 0 Å². The summed E-state index contributed by atoms with van der Waals surface area (Å²) in [7, 11) is 0. The fraction of sp³-hybridized carbons (Fsp3) is 0.444. The van der Waals surface area contributed by atoms with E-state index in [1.165, 1.54) is 5.56 Å². The van der Waals surface area contributed by atoms with Gasteiger partial charge in [-0.2, -0.15) is 0 Å². The van der Waals surface area contributed by atoms with E-state index in [2.05, 4.69) is 31.6 Å². The normalized spacial score (nSPS) is 15.5. The lowest BCUT2D eigenvalue weighted by Gasteiger charge is -2.35. The molecule has 1 amide bonds. The molecule has 1 fully saturated rings. The van der Waals surface area contributed by atoms with Crippen LogP contribution in [-0.2, 0) is 11.3 Å². The van der Waals surface area contributed by atoms with Crippen LogP contribution >= 0.6 is 0 Å². The molecule has 3 rings (SSSR count). The number of hydrogen-bond acceptors (Lipinski definition) is 4. The van der Waals surface area contributed by atoms with Crippen molar-refractivity contribution in [2.45, 2.75) is 20.4 Å². The quantitative estimate of drug-likeness (QED) is 0.912. The van der Waals surface area contributed by atoms with E-state index in [-0.39, 0.29) is 5.91 Å². The van der Waals surface area contributed by atoms with Gasteiger partial charge in [-0.1, -0.05) is 17.7 Å².